The number of phenolic OH excluding ortho intramolecular Hbond substituents is 1. The van der Waals surface area contributed by atoms with E-state index in [0.29, 0.717) is 24.8 Å². The number of hydrogen-bond donors (Lipinski definition) is 2. The van der Waals surface area contributed by atoms with Crippen molar-refractivity contribution in [2.75, 3.05) is 11.9 Å². The Morgan fingerprint density at radius 3 is 2.71 bits per heavy atom. The number of nitrogens with one attached hydrogen (secondary N) is 1. The van der Waals surface area contributed by atoms with E-state index in [9.17, 15) is 5.11 Å². The molecule has 0 unspecified atom stereocenters. The van der Waals surface area contributed by atoms with Gasteiger partial charge in [0.2, 0.25) is 0 Å². The van der Waals surface area contributed by atoms with Crippen LogP contribution in [0.3, 0.4) is 0 Å². The van der Waals surface area contributed by atoms with Crippen molar-refractivity contribution in [1.82, 2.24) is 0 Å². The van der Waals surface area contributed by atoms with Gasteiger partial charge in [0.05, 0.1) is 6.61 Å². The molecule has 3 heteroatoms. The highest BCUT2D eigenvalue weighted by molar-refractivity contribution is 5.49. The zero-order valence-corrected chi connectivity index (χ0v) is 12.9. The van der Waals surface area contributed by atoms with Crippen molar-refractivity contribution in [3.05, 3.63) is 53.6 Å². The molecule has 2 aromatic carbocycles. The molecule has 0 amide bonds. The van der Waals surface area contributed by atoms with Gasteiger partial charge in [0.15, 0.2) is 0 Å². The minimum atomic E-state index is 0.320. The zero-order chi connectivity index (χ0) is 15.2. The van der Waals surface area contributed by atoms with E-state index >= 15 is 0 Å². The van der Waals surface area contributed by atoms with Crippen LogP contribution in [0, 0.1) is 12.8 Å². The van der Waals surface area contributed by atoms with Gasteiger partial charge in [-0.15, -0.1) is 0 Å². The van der Waals surface area contributed by atoms with Gasteiger partial charge in [0, 0.05) is 23.9 Å². The van der Waals surface area contributed by atoms with Crippen molar-refractivity contribution in [3.63, 3.8) is 0 Å². The Bertz CT molecular complexity index is 594. The Labute approximate surface area is 126 Å². The number of benzene rings is 2. The normalized spacial score (nSPS) is 10.7. The lowest BCUT2D eigenvalue weighted by molar-refractivity contribution is 0.271. The molecule has 0 aliphatic heterocycles. The molecule has 0 bridgehead atoms. The van der Waals surface area contributed by atoms with Gasteiger partial charge in [-0.3, -0.25) is 0 Å². The first kappa shape index (κ1) is 15.2. The van der Waals surface area contributed by atoms with Crippen molar-refractivity contribution in [2.24, 2.45) is 5.92 Å². The lowest BCUT2D eigenvalue weighted by Gasteiger charge is -2.12. The summed E-state index contributed by atoms with van der Waals surface area (Å²) in [6.45, 7) is 7.57. The first-order valence-electron chi connectivity index (χ1n) is 7.30. The highest BCUT2D eigenvalue weighted by Crippen LogP contribution is 2.22. The SMILES string of the molecule is Cc1ccc(O)c(CNc2cccc(OCC(C)C)c2)c1. The van der Waals surface area contributed by atoms with Crippen LogP contribution in [0.5, 0.6) is 11.5 Å². The Kier molecular flexibility index (Phi) is 5.09. The minimum absolute atomic E-state index is 0.320. The van der Waals surface area contributed by atoms with Crippen LogP contribution in [0.1, 0.15) is 25.0 Å². The summed E-state index contributed by atoms with van der Waals surface area (Å²) in [6.07, 6.45) is 0. The Hall–Kier alpha value is -2.16. The van der Waals surface area contributed by atoms with E-state index in [1.54, 1.807) is 6.07 Å². The Morgan fingerprint density at radius 2 is 1.95 bits per heavy atom. The standard InChI is InChI=1S/C18H23NO2/c1-13(2)12-21-17-6-4-5-16(10-17)19-11-15-9-14(3)7-8-18(15)20/h4-10,13,19-20H,11-12H2,1-3H3. The highest BCUT2D eigenvalue weighted by Gasteiger charge is 2.03. The lowest BCUT2D eigenvalue weighted by Crippen LogP contribution is -2.05. The molecule has 0 saturated heterocycles. The van der Waals surface area contributed by atoms with E-state index in [2.05, 4.69) is 19.2 Å². The number of anilines is 1. The summed E-state index contributed by atoms with van der Waals surface area (Å²) >= 11 is 0. The van der Waals surface area contributed by atoms with Crippen LogP contribution in [-0.4, -0.2) is 11.7 Å². The van der Waals surface area contributed by atoms with Crippen LogP contribution in [-0.2, 0) is 6.54 Å². The number of phenols is 1. The highest BCUT2D eigenvalue weighted by atomic mass is 16.5. The Morgan fingerprint density at radius 1 is 1.14 bits per heavy atom. The smallest absolute Gasteiger partial charge is 0.121 e. The molecule has 112 valence electrons. The summed E-state index contributed by atoms with van der Waals surface area (Å²) in [6, 6.07) is 13.5. The molecule has 0 saturated carbocycles. The maximum absolute atomic E-state index is 9.85. The van der Waals surface area contributed by atoms with Crippen LogP contribution in [0.4, 0.5) is 5.69 Å². The van der Waals surface area contributed by atoms with Gasteiger partial charge < -0.3 is 15.2 Å². The average molecular weight is 285 g/mol. The first-order chi connectivity index (χ1) is 10.0. The summed E-state index contributed by atoms with van der Waals surface area (Å²) in [5.74, 6) is 1.69. The van der Waals surface area contributed by atoms with Crippen LogP contribution in [0.2, 0.25) is 0 Å². The zero-order valence-electron chi connectivity index (χ0n) is 12.9. The van der Waals surface area contributed by atoms with Gasteiger partial charge in [-0.1, -0.05) is 37.6 Å². The molecule has 0 heterocycles. The molecule has 0 aliphatic rings. The third-order valence-electron chi connectivity index (χ3n) is 3.14. The lowest BCUT2D eigenvalue weighted by atomic mass is 10.1. The van der Waals surface area contributed by atoms with E-state index in [0.717, 1.165) is 22.6 Å². The van der Waals surface area contributed by atoms with Crippen molar-refractivity contribution >= 4 is 5.69 Å². The molecular formula is C18H23NO2. The van der Waals surface area contributed by atoms with E-state index in [-0.39, 0.29) is 0 Å². The molecule has 2 aromatic rings. The van der Waals surface area contributed by atoms with Crippen LogP contribution < -0.4 is 10.1 Å². The van der Waals surface area contributed by atoms with Gasteiger partial charge >= 0.3 is 0 Å². The van der Waals surface area contributed by atoms with Crippen LogP contribution in [0.25, 0.3) is 0 Å². The fourth-order valence-electron chi connectivity index (χ4n) is 2.01. The van der Waals surface area contributed by atoms with E-state index < -0.39 is 0 Å². The molecule has 0 spiro atoms. The Balaban J connectivity index is 1.99. The summed E-state index contributed by atoms with van der Waals surface area (Å²) in [5, 5.41) is 13.2. The van der Waals surface area contributed by atoms with E-state index in [1.807, 2.05) is 43.3 Å². The first-order valence-corrected chi connectivity index (χ1v) is 7.30. The van der Waals surface area contributed by atoms with Crippen LogP contribution in [0.15, 0.2) is 42.5 Å². The van der Waals surface area contributed by atoms with Crippen molar-refractivity contribution in [3.8, 4) is 11.5 Å². The largest absolute Gasteiger partial charge is 0.508 e. The summed E-state index contributed by atoms with van der Waals surface area (Å²) in [7, 11) is 0. The van der Waals surface area contributed by atoms with Gasteiger partial charge in [-0.2, -0.15) is 0 Å². The van der Waals surface area contributed by atoms with Crippen molar-refractivity contribution in [1.29, 1.82) is 0 Å². The number of rotatable bonds is 6. The predicted octanol–water partition coefficient (Wildman–Crippen LogP) is 4.35. The summed E-state index contributed by atoms with van der Waals surface area (Å²) in [4.78, 5) is 0. The molecule has 21 heavy (non-hydrogen) atoms. The van der Waals surface area contributed by atoms with E-state index in [4.69, 9.17) is 4.74 Å². The van der Waals surface area contributed by atoms with Gasteiger partial charge in [0.25, 0.3) is 0 Å². The second-order valence-electron chi connectivity index (χ2n) is 5.72. The molecule has 0 radical (unpaired) electrons. The van der Waals surface area contributed by atoms with E-state index in [1.165, 1.54) is 0 Å². The number of ether oxygens (including phenoxy) is 1. The van der Waals surface area contributed by atoms with Gasteiger partial charge in [-0.05, 0) is 31.0 Å². The molecule has 3 nitrogen and oxygen atoms in total. The fourth-order valence-corrected chi connectivity index (χ4v) is 2.01. The fraction of sp³-hybridized carbons (Fsp3) is 0.333. The predicted molar refractivity (Wildman–Crippen MR) is 86.9 cm³/mol. The topological polar surface area (TPSA) is 41.5 Å². The molecule has 2 N–H and O–H groups in total. The molecule has 0 atom stereocenters. The monoisotopic (exact) mass is 285 g/mol. The average Bonchev–Trinajstić information content (AvgIpc) is 2.46. The summed E-state index contributed by atoms with van der Waals surface area (Å²) in [5.41, 5.74) is 3.01. The maximum atomic E-state index is 9.85. The quantitative estimate of drug-likeness (QED) is 0.829. The van der Waals surface area contributed by atoms with Crippen molar-refractivity contribution < 1.29 is 9.84 Å². The molecule has 0 fully saturated rings. The van der Waals surface area contributed by atoms with Crippen molar-refractivity contribution in [2.45, 2.75) is 27.3 Å². The number of hydrogen-bond acceptors (Lipinski definition) is 3. The molecular weight excluding hydrogens is 262 g/mol. The van der Waals surface area contributed by atoms with Gasteiger partial charge in [0.1, 0.15) is 11.5 Å². The second kappa shape index (κ2) is 7.02. The minimum Gasteiger partial charge on any atom is -0.508 e. The second-order valence-corrected chi connectivity index (χ2v) is 5.72. The third-order valence-corrected chi connectivity index (χ3v) is 3.14. The third kappa shape index (κ3) is 4.71. The molecule has 2 rings (SSSR count). The number of aromatic hydroxyl groups is 1. The summed E-state index contributed by atoms with van der Waals surface area (Å²) < 4.78 is 5.71. The molecule has 0 aromatic heterocycles. The van der Waals surface area contributed by atoms with Gasteiger partial charge in [-0.25, -0.2) is 0 Å². The van der Waals surface area contributed by atoms with Crippen LogP contribution >= 0.6 is 0 Å². The molecule has 0 aliphatic carbocycles. The maximum Gasteiger partial charge on any atom is 0.121 e. The number of aryl methyl sites for hydroxylation is 1.